The smallest absolute Gasteiger partial charge is 0.312 e. The van der Waals surface area contributed by atoms with Crippen LogP contribution in [0.3, 0.4) is 0 Å². The van der Waals surface area contributed by atoms with Crippen molar-refractivity contribution >= 4 is 11.9 Å². The van der Waals surface area contributed by atoms with Crippen molar-refractivity contribution in [2.24, 2.45) is 5.73 Å². The molecule has 0 unspecified atom stereocenters. The zero-order valence-electron chi connectivity index (χ0n) is 14.6. The van der Waals surface area contributed by atoms with E-state index in [4.69, 9.17) is 5.73 Å². The Morgan fingerprint density at radius 1 is 1.17 bits per heavy atom. The fraction of sp³-hybridized carbons (Fsp3) is 0.882. The number of amides is 3. The zero-order valence-corrected chi connectivity index (χ0v) is 14.6. The lowest BCUT2D eigenvalue weighted by Crippen LogP contribution is -2.55. The third-order valence-electron chi connectivity index (χ3n) is 5.31. The molecule has 3 N–H and O–H groups in total. The van der Waals surface area contributed by atoms with Crippen LogP contribution in [0.2, 0.25) is 0 Å². The first-order valence-corrected chi connectivity index (χ1v) is 9.19. The summed E-state index contributed by atoms with van der Waals surface area (Å²) in [7, 11) is 0. The molecule has 6 nitrogen and oxygen atoms in total. The molecule has 3 atom stereocenters. The second-order valence-corrected chi connectivity index (χ2v) is 6.78. The highest BCUT2D eigenvalue weighted by Crippen LogP contribution is 2.30. The first-order valence-electron chi connectivity index (χ1n) is 9.19. The van der Waals surface area contributed by atoms with Crippen LogP contribution < -0.4 is 11.1 Å². The number of nitrogens with zero attached hydrogens (tertiary/aromatic N) is 2. The van der Waals surface area contributed by atoms with Gasteiger partial charge in [0.05, 0.1) is 0 Å². The van der Waals surface area contributed by atoms with E-state index in [9.17, 15) is 9.59 Å². The van der Waals surface area contributed by atoms with E-state index in [1.54, 1.807) is 0 Å². The monoisotopic (exact) mass is 324 g/mol. The lowest BCUT2D eigenvalue weighted by molar-refractivity contribution is -0.135. The highest BCUT2D eigenvalue weighted by molar-refractivity contribution is 5.87. The van der Waals surface area contributed by atoms with E-state index in [2.05, 4.69) is 24.1 Å². The minimum Gasteiger partial charge on any atom is -0.352 e. The first kappa shape index (κ1) is 18.0. The van der Waals surface area contributed by atoms with E-state index in [1.807, 2.05) is 4.90 Å². The van der Waals surface area contributed by atoms with E-state index >= 15 is 0 Å². The van der Waals surface area contributed by atoms with Crippen LogP contribution in [-0.2, 0) is 4.79 Å². The molecule has 3 amide bonds. The highest BCUT2D eigenvalue weighted by atomic mass is 16.2. The minimum absolute atomic E-state index is 0.0581. The molecule has 0 aromatic rings. The molecule has 23 heavy (non-hydrogen) atoms. The molecular formula is C17H32N4O2. The van der Waals surface area contributed by atoms with Crippen LogP contribution in [-0.4, -0.2) is 59.5 Å². The third kappa shape index (κ3) is 4.37. The summed E-state index contributed by atoms with van der Waals surface area (Å²) in [6.07, 6.45) is 7.11. The Morgan fingerprint density at radius 2 is 1.87 bits per heavy atom. The maximum atomic E-state index is 13.0. The second-order valence-electron chi connectivity index (χ2n) is 6.78. The number of urea groups is 1. The van der Waals surface area contributed by atoms with Gasteiger partial charge in [0.1, 0.15) is 6.04 Å². The number of primary amides is 1. The Kier molecular flexibility index (Phi) is 6.69. The largest absolute Gasteiger partial charge is 0.352 e. The summed E-state index contributed by atoms with van der Waals surface area (Å²) in [5.41, 5.74) is 5.27. The summed E-state index contributed by atoms with van der Waals surface area (Å²) < 4.78 is 0. The molecule has 2 heterocycles. The molecule has 2 fully saturated rings. The second kappa shape index (κ2) is 8.52. The van der Waals surface area contributed by atoms with E-state index in [0.29, 0.717) is 18.5 Å². The Balaban J connectivity index is 2.06. The van der Waals surface area contributed by atoms with Gasteiger partial charge >= 0.3 is 6.03 Å². The highest BCUT2D eigenvalue weighted by Gasteiger charge is 2.40. The molecule has 0 radical (unpaired) electrons. The third-order valence-corrected chi connectivity index (χ3v) is 5.31. The summed E-state index contributed by atoms with van der Waals surface area (Å²) in [6.45, 7) is 7.27. The van der Waals surface area contributed by atoms with Gasteiger partial charge in [0, 0.05) is 18.6 Å². The number of likely N-dealkylation sites (N-methyl/N-ethyl adjacent to an activating group) is 1. The van der Waals surface area contributed by atoms with Crippen molar-refractivity contribution in [2.75, 3.05) is 19.6 Å². The van der Waals surface area contributed by atoms with E-state index in [1.165, 1.54) is 12.8 Å². The minimum atomic E-state index is -0.605. The first-order chi connectivity index (χ1) is 11.1. The predicted octanol–water partition coefficient (Wildman–Crippen LogP) is 1.69. The van der Waals surface area contributed by atoms with Crippen LogP contribution >= 0.6 is 0 Å². The van der Waals surface area contributed by atoms with E-state index in [0.717, 1.165) is 45.3 Å². The van der Waals surface area contributed by atoms with Crippen molar-refractivity contribution in [3.63, 3.8) is 0 Å². The van der Waals surface area contributed by atoms with Gasteiger partial charge in [-0.05, 0) is 45.2 Å². The lowest BCUT2D eigenvalue weighted by atomic mass is 10.0. The van der Waals surface area contributed by atoms with Gasteiger partial charge in [-0.15, -0.1) is 0 Å². The molecule has 132 valence electrons. The van der Waals surface area contributed by atoms with Crippen molar-refractivity contribution in [1.82, 2.24) is 15.1 Å². The van der Waals surface area contributed by atoms with Gasteiger partial charge in [0.2, 0.25) is 5.91 Å². The molecule has 0 saturated carbocycles. The average molecular weight is 324 g/mol. The summed E-state index contributed by atoms with van der Waals surface area (Å²) in [5, 5.41) is 2.66. The van der Waals surface area contributed by atoms with Crippen LogP contribution in [0.15, 0.2) is 0 Å². The Bertz CT molecular complexity index is 415. The van der Waals surface area contributed by atoms with Gasteiger partial charge in [-0.2, -0.15) is 0 Å². The van der Waals surface area contributed by atoms with Gasteiger partial charge in [-0.3, -0.25) is 9.69 Å². The quantitative estimate of drug-likeness (QED) is 0.748. The van der Waals surface area contributed by atoms with Crippen molar-refractivity contribution in [1.29, 1.82) is 0 Å². The van der Waals surface area contributed by atoms with Crippen LogP contribution in [0.4, 0.5) is 4.79 Å². The number of unbranched alkanes of at least 4 members (excludes halogenated alkanes) is 1. The van der Waals surface area contributed by atoms with Gasteiger partial charge in [0.15, 0.2) is 0 Å². The van der Waals surface area contributed by atoms with Crippen molar-refractivity contribution < 1.29 is 9.59 Å². The Labute approximate surface area is 139 Å². The number of rotatable bonds is 7. The average Bonchev–Trinajstić information content (AvgIpc) is 3.17. The van der Waals surface area contributed by atoms with Crippen LogP contribution in [0, 0.1) is 0 Å². The maximum Gasteiger partial charge on any atom is 0.312 e. The van der Waals surface area contributed by atoms with Gasteiger partial charge in [-0.25, -0.2) is 4.79 Å². The molecule has 0 bridgehead atoms. The van der Waals surface area contributed by atoms with Crippen molar-refractivity contribution in [2.45, 2.75) is 76.9 Å². The normalized spacial score (nSPS) is 26.4. The lowest BCUT2D eigenvalue weighted by Gasteiger charge is -2.36. The van der Waals surface area contributed by atoms with Gasteiger partial charge < -0.3 is 16.0 Å². The molecule has 0 aliphatic carbocycles. The van der Waals surface area contributed by atoms with E-state index < -0.39 is 12.1 Å². The summed E-state index contributed by atoms with van der Waals surface area (Å²) in [6, 6.07) is -0.300. The van der Waals surface area contributed by atoms with E-state index in [-0.39, 0.29) is 5.91 Å². The number of nitrogens with one attached hydrogen (secondary N) is 1. The predicted molar refractivity (Wildman–Crippen MR) is 91.0 cm³/mol. The van der Waals surface area contributed by atoms with Crippen LogP contribution in [0.5, 0.6) is 0 Å². The molecule has 2 saturated heterocycles. The molecule has 0 aromatic heterocycles. The number of hydrogen-bond acceptors (Lipinski definition) is 3. The molecule has 6 heteroatoms. The Hall–Kier alpha value is -1.30. The van der Waals surface area contributed by atoms with Crippen molar-refractivity contribution in [3.8, 4) is 0 Å². The SMILES string of the molecule is CCCC[C@H](NC(N)=O)C(=O)N1CCC[C@@H]1[C@@H]1CCCN1CC. The van der Waals surface area contributed by atoms with Crippen LogP contribution in [0.1, 0.15) is 58.8 Å². The molecule has 2 aliphatic heterocycles. The van der Waals surface area contributed by atoms with Crippen LogP contribution in [0.25, 0.3) is 0 Å². The number of likely N-dealkylation sites (tertiary alicyclic amines) is 2. The standard InChI is InChI=1S/C17H32N4O2/c1-3-5-8-13(19-17(18)23)16(22)21-12-7-10-15(21)14-9-6-11-20(14)4-2/h13-15H,3-12H2,1-2H3,(H3,18,19,23)/t13-,14-,15+/m0/s1. The number of hydrogen-bond donors (Lipinski definition) is 2. The number of nitrogens with two attached hydrogens (primary N) is 1. The van der Waals surface area contributed by atoms with Crippen molar-refractivity contribution in [3.05, 3.63) is 0 Å². The summed E-state index contributed by atoms with van der Waals surface area (Å²) in [5.74, 6) is 0.0581. The van der Waals surface area contributed by atoms with Gasteiger partial charge in [0.25, 0.3) is 0 Å². The number of carbonyl (C=O) groups excluding carboxylic acids is 2. The maximum absolute atomic E-state index is 13.0. The zero-order chi connectivity index (χ0) is 16.8. The molecule has 0 aromatic carbocycles. The molecule has 2 aliphatic rings. The molecule has 0 spiro atoms. The fourth-order valence-corrected chi connectivity index (χ4v) is 4.18. The number of carbonyl (C=O) groups is 2. The van der Waals surface area contributed by atoms with Gasteiger partial charge in [-0.1, -0.05) is 26.7 Å². The molecule has 2 rings (SSSR count). The fourth-order valence-electron chi connectivity index (χ4n) is 4.18. The molecular weight excluding hydrogens is 292 g/mol. The topological polar surface area (TPSA) is 78.7 Å². The summed E-state index contributed by atoms with van der Waals surface area (Å²) in [4.78, 5) is 28.8. The Morgan fingerprint density at radius 3 is 2.52 bits per heavy atom. The summed E-state index contributed by atoms with van der Waals surface area (Å²) >= 11 is 0.